The van der Waals surface area contributed by atoms with E-state index in [4.69, 9.17) is 40.1 Å². The SMILES string of the molecule is NCCCC[C@H](NC(=O)[C@H](CCCCN)NC(=O)[C@H](CCCN=C(N)N)NC(=O)[C@H](Cc1cnc[nH]1)NC(=O)[C@H](CCCCN)NC(=O)[C@@H](N)CCCCN)C(=O)N[C@@H](Cc1cnc[nH]1)C(=O)O. The van der Waals surface area contributed by atoms with E-state index in [1.165, 1.54) is 25.0 Å². The van der Waals surface area contributed by atoms with Crippen LogP contribution in [0.5, 0.6) is 0 Å². The summed E-state index contributed by atoms with van der Waals surface area (Å²) in [6, 6.07) is -8.47. The highest BCUT2D eigenvalue weighted by atomic mass is 16.4. The van der Waals surface area contributed by atoms with Crippen molar-refractivity contribution in [2.75, 3.05) is 32.7 Å². The maximum absolute atomic E-state index is 14.3. The van der Waals surface area contributed by atoms with Crippen molar-refractivity contribution in [3.05, 3.63) is 36.4 Å². The average Bonchev–Trinajstić information content (AvgIpc) is 4.03. The molecule has 0 fully saturated rings. The Morgan fingerprint density at radius 2 is 0.838 bits per heavy atom. The van der Waals surface area contributed by atoms with Crippen LogP contribution in [0.15, 0.2) is 30.0 Å². The van der Waals surface area contributed by atoms with E-state index in [1.54, 1.807) is 0 Å². The third-order valence-corrected chi connectivity index (χ3v) is 10.8. The molecule has 2 aromatic rings. The Labute approximate surface area is 396 Å². The molecule has 2 heterocycles. The average molecular weight is 961 g/mol. The van der Waals surface area contributed by atoms with Gasteiger partial charge in [-0.3, -0.25) is 33.8 Å². The predicted octanol–water partition coefficient (Wildman–Crippen LogP) is -4.19. The number of H-pyrrole nitrogens is 2. The minimum Gasteiger partial charge on any atom is -0.480 e. The maximum atomic E-state index is 14.3. The molecule has 6 amide bonds. The summed E-state index contributed by atoms with van der Waals surface area (Å²) in [5, 5.41) is 26.0. The van der Waals surface area contributed by atoms with Crippen molar-refractivity contribution >= 4 is 47.4 Å². The Kier molecular flexibility index (Phi) is 28.3. The number of hydrogen-bond acceptors (Lipinski definition) is 15. The summed E-state index contributed by atoms with van der Waals surface area (Å²) in [5.74, 6) is -5.83. The summed E-state index contributed by atoms with van der Waals surface area (Å²) >= 11 is 0. The predicted molar refractivity (Wildman–Crippen MR) is 253 cm³/mol. The number of unbranched alkanes of at least 4 members (excludes halogenated alkanes) is 4. The first-order valence-electron chi connectivity index (χ1n) is 23.2. The second-order valence-electron chi connectivity index (χ2n) is 16.5. The highest BCUT2D eigenvalue weighted by Crippen LogP contribution is 2.11. The number of imidazole rings is 2. The van der Waals surface area contributed by atoms with Gasteiger partial charge in [-0.2, -0.15) is 0 Å². The van der Waals surface area contributed by atoms with Gasteiger partial charge in [0.1, 0.15) is 36.3 Å². The fraction of sp³-hybridized carbons (Fsp3) is 0.667. The van der Waals surface area contributed by atoms with E-state index in [-0.39, 0.29) is 64.0 Å². The van der Waals surface area contributed by atoms with Crippen LogP contribution in [0.1, 0.15) is 101 Å². The number of carbonyl (C=O) groups is 7. The van der Waals surface area contributed by atoms with Crippen molar-refractivity contribution in [1.29, 1.82) is 0 Å². The van der Waals surface area contributed by atoms with E-state index in [1.807, 2.05) is 0 Å². The van der Waals surface area contributed by atoms with E-state index < -0.39 is 83.7 Å². The molecule has 0 aliphatic rings. The van der Waals surface area contributed by atoms with Gasteiger partial charge in [-0.15, -0.1) is 0 Å². The lowest BCUT2D eigenvalue weighted by Crippen LogP contribution is -2.60. The molecule has 68 heavy (non-hydrogen) atoms. The third-order valence-electron chi connectivity index (χ3n) is 10.8. The molecule has 7 atom stereocenters. The molecule has 0 aliphatic heterocycles. The van der Waals surface area contributed by atoms with Gasteiger partial charge in [0.25, 0.3) is 0 Å². The highest BCUT2D eigenvalue weighted by Gasteiger charge is 2.34. The summed E-state index contributed by atoms with van der Waals surface area (Å²) in [5.41, 5.74) is 40.9. The first kappa shape index (κ1) is 57.9. The highest BCUT2D eigenvalue weighted by molar-refractivity contribution is 5.97. The molecule has 0 bridgehead atoms. The van der Waals surface area contributed by atoms with E-state index >= 15 is 0 Å². The molecule has 0 aromatic carbocycles. The van der Waals surface area contributed by atoms with Crippen LogP contribution in [-0.2, 0) is 46.4 Å². The molecule has 2 aromatic heterocycles. The third kappa shape index (κ3) is 23.0. The van der Waals surface area contributed by atoms with Crippen LogP contribution >= 0.6 is 0 Å². The van der Waals surface area contributed by atoms with Gasteiger partial charge >= 0.3 is 5.97 Å². The molecule has 23 N–H and O–H groups in total. The number of aliphatic carboxylic acids is 1. The molecule has 2 rings (SSSR count). The van der Waals surface area contributed by atoms with Crippen molar-refractivity contribution in [2.24, 2.45) is 45.1 Å². The summed E-state index contributed by atoms with van der Waals surface area (Å²) in [7, 11) is 0. The lowest BCUT2D eigenvalue weighted by atomic mass is 10.0. The molecular formula is C42H76N18O8. The van der Waals surface area contributed by atoms with Gasteiger partial charge in [0, 0.05) is 43.2 Å². The van der Waals surface area contributed by atoms with Crippen LogP contribution in [0.2, 0.25) is 0 Å². The van der Waals surface area contributed by atoms with E-state index in [2.05, 4.69) is 56.8 Å². The molecule has 0 saturated heterocycles. The van der Waals surface area contributed by atoms with Crippen molar-refractivity contribution in [3.8, 4) is 0 Å². The number of aromatic amines is 2. The van der Waals surface area contributed by atoms with Crippen molar-refractivity contribution < 1.29 is 38.7 Å². The molecule has 0 unspecified atom stereocenters. The maximum Gasteiger partial charge on any atom is 0.326 e. The van der Waals surface area contributed by atoms with Gasteiger partial charge in [-0.05, 0) is 110 Å². The van der Waals surface area contributed by atoms with Gasteiger partial charge in [-0.25, -0.2) is 14.8 Å². The number of rotatable bonds is 37. The normalized spacial score (nSPS) is 14.2. The molecule has 382 valence electrons. The zero-order valence-electron chi connectivity index (χ0n) is 38.9. The largest absolute Gasteiger partial charge is 0.480 e. The Bertz CT molecular complexity index is 1830. The standard InChI is InChI=1S/C42H76N18O8/c43-15-5-1-10-28(47)35(61)55-29(11-2-6-16-44)38(64)59-33(20-26-22-50-24-53-26)40(66)58-32(14-9-19-52-42(48)49)37(63)56-30(12-3-7-17-45)36(62)57-31(13-4-8-18-46)39(65)60-34(41(67)68)21-27-23-51-25-54-27/h22-25,28-34H,1-21,43-47H2,(H,50,53)(H,51,54)(H,55,61)(H,56,63)(H,57,62)(H,58,66)(H,59,64)(H,60,65)(H,67,68)(H4,48,49,52)/t28-,29-,30-,31-,32-,33-,34-/m0/s1. The molecule has 0 aliphatic carbocycles. The number of carboxylic acids is 1. The monoisotopic (exact) mass is 961 g/mol. The number of nitrogens with zero attached hydrogens (tertiary/aromatic N) is 3. The summed E-state index contributed by atoms with van der Waals surface area (Å²) in [6.45, 7) is 1.44. The van der Waals surface area contributed by atoms with E-state index in [9.17, 15) is 38.7 Å². The first-order valence-corrected chi connectivity index (χ1v) is 23.2. The zero-order chi connectivity index (χ0) is 50.3. The van der Waals surface area contributed by atoms with Gasteiger partial charge in [0.15, 0.2) is 5.96 Å². The number of hydrogen-bond donors (Lipinski definition) is 16. The number of carbonyl (C=O) groups excluding carboxylic acids is 6. The van der Waals surface area contributed by atoms with Crippen LogP contribution in [0.3, 0.4) is 0 Å². The number of carboxylic acid groups (broad SMARTS) is 1. The molecule has 26 nitrogen and oxygen atoms in total. The summed E-state index contributed by atoms with van der Waals surface area (Å²) in [4.78, 5) is 113. The van der Waals surface area contributed by atoms with Gasteiger partial charge in [0.2, 0.25) is 35.4 Å². The molecule has 0 spiro atoms. The van der Waals surface area contributed by atoms with E-state index in [0.29, 0.717) is 88.8 Å². The van der Waals surface area contributed by atoms with Crippen LogP contribution in [0.25, 0.3) is 0 Å². The number of nitrogens with one attached hydrogen (secondary N) is 8. The Hall–Kier alpha value is -6.22. The van der Waals surface area contributed by atoms with Gasteiger partial charge < -0.3 is 87.1 Å². The summed E-state index contributed by atoms with van der Waals surface area (Å²) < 4.78 is 0. The molecule has 26 heteroatoms. The molecular weight excluding hydrogens is 885 g/mol. The number of nitrogens with two attached hydrogens (primary N) is 7. The number of aliphatic imine (C=N–C) groups is 1. The Balaban J connectivity index is 2.43. The van der Waals surface area contributed by atoms with Crippen molar-refractivity contribution in [3.63, 3.8) is 0 Å². The second-order valence-corrected chi connectivity index (χ2v) is 16.5. The number of aromatic nitrogens is 4. The Morgan fingerprint density at radius 3 is 1.21 bits per heavy atom. The Morgan fingerprint density at radius 1 is 0.500 bits per heavy atom. The van der Waals surface area contributed by atoms with Crippen LogP contribution in [-0.4, -0.2) is 147 Å². The first-order chi connectivity index (χ1) is 32.6. The summed E-state index contributed by atoms with van der Waals surface area (Å²) in [6.07, 6.45) is 10.4. The lowest BCUT2D eigenvalue weighted by Gasteiger charge is -2.28. The second kappa shape index (κ2) is 33.3. The zero-order valence-corrected chi connectivity index (χ0v) is 38.9. The van der Waals surface area contributed by atoms with Crippen molar-refractivity contribution in [2.45, 2.75) is 145 Å². The lowest BCUT2D eigenvalue weighted by molar-refractivity contribution is -0.142. The smallest absolute Gasteiger partial charge is 0.326 e. The van der Waals surface area contributed by atoms with Gasteiger partial charge in [-0.1, -0.05) is 6.42 Å². The minimum atomic E-state index is -1.36. The van der Waals surface area contributed by atoms with Crippen LogP contribution in [0.4, 0.5) is 0 Å². The fourth-order valence-electron chi connectivity index (χ4n) is 6.98. The van der Waals surface area contributed by atoms with E-state index in [0.717, 1.165) is 0 Å². The fourth-order valence-corrected chi connectivity index (χ4v) is 6.98. The van der Waals surface area contributed by atoms with Crippen LogP contribution < -0.4 is 72.0 Å². The number of guanidine groups is 1. The minimum absolute atomic E-state index is 0.0347. The topological polar surface area (TPSA) is 464 Å². The molecule has 0 saturated carbocycles. The van der Waals surface area contributed by atoms with Crippen LogP contribution in [0, 0.1) is 0 Å². The molecule has 0 radical (unpaired) electrons. The quantitative estimate of drug-likeness (QED) is 0.0173. The number of amides is 6. The van der Waals surface area contributed by atoms with Gasteiger partial charge in [0.05, 0.1) is 18.7 Å². The van der Waals surface area contributed by atoms with Crippen molar-refractivity contribution in [1.82, 2.24) is 51.8 Å².